The molecular weight excluding hydrogens is 156 g/mol. The van der Waals surface area contributed by atoms with Gasteiger partial charge in [0.15, 0.2) is 0 Å². The molecule has 0 aliphatic rings. The molecule has 0 spiro atoms. The van der Waals surface area contributed by atoms with Crippen molar-refractivity contribution < 1.29 is 14.6 Å². The molecule has 0 aromatic rings. The van der Waals surface area contributed by atoms with Crippen LogP contribution >= 0.6 is 0 Å². The SMILES string of the molecule is C=C(CCCC)C(=O)OCCO. The highest BCUT2D eigenvalue weighted by Crippen LogP contribution is 2.06. The minimum atomic E-state index is -0.391. The molecule has 0 unspecified atom stereocenters. The smallest absolute Gasteiger partial charge is 0.333 e. The zero-order valence-electron chi connectivity index (χ0n) is 7.51. The summed E-state index contributed by atoms with van der Waals surface area (Å²) in [6, 6.07) is 0. The molecule has 70 valence electrons. The van der Waals surface area contributed by atoms with E-state index >= 15 is 0 Å². The fourth-order valence-electron chi connectivity index (χ4n) is 0.733. The number of unbranched alkanes of at least 4 members (excludes halogenated alkanes) is 1. The molecule has 3 heteroatoms. The first-order valence-corrected chi connectivity index (χ1v) is 4.18. The minimum absolute atomic E-state index is 0.0595. The molecule has 0 saturated heterocycles. The second kappa shape index (κ2) is 6.85. The van der Waals surface area contributed by atoms with Crippen LogP contribution in [0.4, 0.5) is 0 Å². The van der Waals surface area contributed by atoms with Gasteiger partial charge in [-0.2, -0.15) is 0 Å². The highest BCUT2D eigenvalue weighted by Gasteiger charge is 2.06. The van der Waals surface area contributed by atoms with E-state index in [1.807, 2.05) is 6.92 Å². The van der Waals surface area contributed by atoms with Crippen molar-refractivity contribution in [2.45, 2.75) is 26.2 Å². The Balaban J connectivity index is 3.55. The average molecular weight is 172 g/mol. The largest absolute Gasteiger partial charge is 0.460 e. The summed E-state index contributed by atoms with van der Waals surface area (Å²) in [6.45, 7) is 5.56. The molecule has 0 aromatic heterocycles. The number of aliphatic hydroxyl groups is 1. The Morgan fingerprint density at radius 2 is 2.25 bits per heavy atom. The normalized spacial score (nSPS) is 9.50. The molecule has 0 amide bonds. The van der Waals surface area contributed by atoms with E-state index in [1.165, 1.54) is 0 Å². The van der Waals surface area contributed by atoms with Crippen molar-refractivity contribution >= 4 is 5.97 Å². The maximum atomic E-state index is 11.0. The quantitative estimate of drug-likeness (QED) is 0.484. The molecule has 0 heterocycles. The van der Waals surface area contributed by atoms with E-state index in [2.05, 4.69) is 11.3 Å². The van der Waals surface area contributed by atoms with Crippen molar-refractivity contribution in [3.8, 4) is 0 Å². The molecule has 3 nitrogen and oxygen atoms in total. The van der Waals surface area contributed by atoms with Crippen molar-refractivity contribution in [2.75, 3.05) is 13.2 Å². The van der Waals surface area contributed by atoms with Crippen LogP contribution in [0.2, 0.25) is 0 Å². The van der Waals surface area contributed by atoms with Gasteiger partial charge in [-0.05, 0) is 12.8 Å². The first kappa shape index (κ1) is 11.2. The van der Waals surface area contributed by atoms with Crippen molar-refractivity contribution in [1.29, 1.82) is 0 Å². The van der Waals surface area contributed by atoms with E-state index in [9.17, 15) is 4.79 Å². The van der Waals surface area contributed by atoms with Gasteiger partial charge >= 0.3 is 5.97 Å². The van der Waals surface area contributed by atoms with Crippen LogP contribution in [0.5, 0.6) is 0 Å². The lowest BCUT2D eigenvalue weighted by atomic mass is 10.1. The van der Waals surface area contributed by atoms with Gasteiger partial charge in [0.25, 0.3) is 0 Å². The molecule has 1 N–H and O–H groups in total. The predicted octanol–water partition coefficient (Wildman–Crippen LogP) is 1.27. The fourth-order valence-corrected chi connectivity index (χ4v) is 0.733. The van der Waals surface area contributed by atoms with E-state index < -0.39 is 5.97 Å². The molecule has 0 rings (SSSR count). The second-order valence-corrected chi connectivity index (χ2v) is 2.57. The zero-order chi connectivity index (χ0) is 9.40. The standard InChI is InChI=1S/C9H16O3/c1-3-4-5-8(2)9(11)12-7-6-10/h10H,2-7H2,1H3. The lowest BCUT2D eigenvalue weighted by Crippen LogP contribution is -2.10. The molecule has 0 radical (unpaired) electrons. The average Bonchev–Trinajstić information content (AvgIpc) is 2.10. The lowest BCUT2D eigenvalue weighted by Gasteiger charge is -2.04. The number of esters is 1. The lowest BCUT2D eigenvalue weighted by molar-refractivity contribution is -0.140. The molecule has 0 atom stereocenters. The van der Waals surface area contributed by atoms with Gasteiger partial charge in [0.2, 0.25) is 0 Å². The number of rotatable bonds is 6. The molecule has 0 aliphatic heterocycles. The maximum Gasteiger partial charge on any atom is 0.333 e. The first-order valence-electron chi connectivity index (χ1n) is 4.18. The van der Waals surface area contributed by atoms with Gasteiger partial charge in [0.1, 0.15) is 6.61 Å². The third-order valence-electron chi connectivity index (χ3n) is 1.45. The van der Waals surface area contributed by atoms with Crippen LogP contribution in [0.15, 0.2) is 12.2 Å². The van der Waals surface area contributed by atoms with Crippen LogP contribution in [-0.2, 0) is 9.53 Å². The van der Waals surface area contributed by atoms with Gasteiger partial charge in [0, 0.05) is 5.57 Å². The summed E-state index contributed by atoms with van der Waals surface area (Å²) in [5, 5.41) is 8.37. The van der Waals surface area contributed by atoms with Gasteiger partial charge in [-0.25, -0.2) is 4.79 Å². The third kappa shape index (κ3) is 4.91. The Kier molecular flexibility index (Phi) is 6.38. The summed E-state index contributed by atoms with van der Waals surface area (Å²) in [4.78, 5) is 11.0. The fraction of sp³-hybridized carbons (Fsp3) is 0.667. The number of hydrogen-bond donors (Lipinski definition) is 1. The van der Waals surface area contributed by atoms with Crippen LogP contribution < -0.4 is 0 Å². The first-order chi connectivity index (χ1) is 5.72. The number of aliphatic hydroxyl groups excluding tert-OH is 1. The highest BCUT2D eigenvalue weighted by molar-refractivity contribution is 5.87. The Labute approximate surface area is 73.0 Å². The monoisotopic (exact) mass is 172 g/mol. The Morgan fingerprint density at radius 3 is 2.75 bits per heavy atom. The van der Waals surface area contributed by atoms with Crippen LogP contribution in [0.3, 0.4) is 0 Å². The van der Waals surface area contributed by atoms with Crippen molar-refractivity contribution in [3.63, 3.8) is 0 Å². The topological polar surface area (TPSA) is 46.5 Å². The summed E-state index contributed by atoms with van der Waals surface area (Å²) >= 11 is 0. The molecule has 0 aromatic carbocycles. The summed E-state index contributed by atoms with van der Waals surface area (Å²) in [7, 11) is 0. The summed E-state index contributed by atoms with van der Waals surface area (Å²) in [5.41, 5.74) is 0.491. The van der Waals surface area contributed by atoms with Gasteiger partial charge in [-0.3, -0.25) is 0 Å². The van der Waals surface area contributed by atoms with Gasteiger partial charge in [-0.15, -0.1) is 0 Å². The third-order valence-corrected chi connectivity index (χ3v) is 1.45. The second-order valence-electron chi connectivity index (χ2n) is 2.57. The number of hydrogen-bond acceptors (Lipinski definition) is 3. The maximum absolute atomic E-state index is 11.0. The number of carbonyl (C=O) groups excluding carboxylic acids is 1. The molecular formula is C9H16O3. The van der Waals surface area contributed by atoms with E-state index in [0.717, 1.165) is 12.8 Å². The molecule has 0 aliphatic carbocycles. The van der Waals surface area contributed by atoms with E-state index in [0.29, 0.717) is 12.0 Å². The van der Waals surface area contributed by atoms with Gasteiger partial charge < -0.3 is 9.84 Å². The van der Waals surface area contributed by atoms with Crippen LogP contribution in [0, 0.1) is 0 Å². The van der Waals surface area contributed by atoms with Crippen LogP contribution in [0.25, 0.3) is 0 Å². The Hall–Kier alpha value is -0.830. The number of ether oxygens (including phenoxy) is 1. The van der Waals surface area contributed by atoms with E-state index in [-0.39, 0.29) is 13.2 Å². The Bertz CT molecular complexity index is 134. The van der Waals surface area contributed by atoms with Crippen molar-refractivity contribution in [1.82, 2.24) is 0 Å². The number of carbonyl (C=O) groups is 1. The Morgan fingerprint density at radius 1 is 1.58 bits per heavy atom. The van der Waals surface area contributed by atoms with Crippen molar-refractivity contribution in [3.05, 3.63) is 12.2 Å². The highest BCUT2D eigenvalue weighted by atomic mass is 16.5. The molecule has 0 saturated carbocycles. The zero-order valence-corrected chi connectivity index (χ0v) is 7.51. The van der Waals surface area contributed by atoms with E-state index in [1.54, 1.807) is 0 Å². The summed E-state index contributed by atoms with van der Waals surface area (Å²) in [6.07, 6.45) is 2.67. The predicted molar refractivity (Wildman–Crippen MR) is 46.7 cm³/mol. The summed E-state index contributed by atoms with van der Waals surface area (Å²) < 4.78 is 4.66. The molecule has 0 bridgehead atoms. The minimum Gasteiger partial charge on any atom is -0.460 e. The van der Waals surface area contributed by atoms with E-state index in [4.69, 9.17) is 5.11 Å². The van der Waals surface area contributed by atoms with Crippen LogP contribution in [0.1, 0.15) is 26.2 Å². The van der Waals surface area contributed by atoms with Crippen molar-refractivity contribution in [2.24, 2.45) is 0 Å². The summed E-state index contributed by atoms with van der Waals surface area (Å²) in [5.74, 6) is -0.391. The van der Waals surface area contributed by atoms with Gasteiger partial charge in [-0.1, -0.05) is 19.9 Å². The molecule has 12 heavy (non-hydrogen) atoms. The van der Waals surface area contributed by atoms with Gasteiger partial charge in [0.05, 0.1) is 6.61 Å². The van der Waals surface area contributed by atoms with Crippen LogP contribution in [-0.4, -0.2) is 24.3 Å². The molecule has 0 fully saturated rings.